The second-order valence-corrected chi connectivity index (χ2v) is 18.7. The Labute approximate surface area is 338 Å². The molecule has 8 heteroatoms. The van der Waals surface area contributed by atoms with Crippen LogP contribution in [0.15, 0.2) is 35.0 Å². The molecule has 1 aromatic carbocycles. The predicted molar refractivity (Wildman–Crippen MR) is 231 cm³/mol. The Kier molecular flexibility index (Phi) is 17.4. The lowest BCUT2D eigenvalue weighted by Crippen LogP contribution is -2.02. The molecular formula is C46H58F4S4. The minimum atomic E-state index is -1.31. The van der Waals surface area contributed by atoms with Crippen LogP contribution in [0.5, 0.6) is 0 Å². The van der Waals surface area contributed by atoms with Crippen LogP contribution in [0, 0.1) is 23.3 Å². The Morgan fingerprint density at radius 1 is 0.389 bits per heavy atom. The monoisotopic (exact) mass is 814 g/mol. The van der Waals surface area contributed by atoms with E-state index in [1.807, 2.05) is 0 Å². The van der Waals surface area contributed by atoms with Crippen molar-refractivity contribution in [2.75, 3.05) is 0 Å². The average Bonchev–Trinajstić information content (AvgIpc) is 3.99. The van der Waals surface area contributed by atoms with E-state index in [-0.39, 0.29) is 9.75 Å². The molecule has 0 fully saturated rings. The Morgan fingerprint density at radius 2 is 0.704 bits per heavy atom. The van der Waals surface area contributed by atoms with Crippen molar-refractivity contribution < 1.29 is 17.6 Å². The highest BCUT2D eigenvalue weighted by atomic mass is 32.1. The SMILES string of the molecule is CCCCCCc1ccsc1-c1sc(-c2c(F)c(F)c(-c3cc(CCCCCC)c(-c4sccc4CCCCCC)s3)c(F)c2F)cc1CCCCCC. The fourth-order valence-electron chi connectivity index (χ4n) is 7.36. The van der Waals surface area contributed by atoms with Crippen LogP contribution < -0.4 is 0 Å². The lowest BCUT2D eigenvalue weighted by Gasteiger charge is -2.10. The first kappa shape index (κ1) is 42.9. The predicted octanol–water partition coefficient (Wildman–Crippen LogP) is 17.6. The van der Waals surface area contributed by atoms with Crippen molar-refractivity contribution >= 4 is 45.3 Å². The molecule has 0 bridgehead atoms. The van der Waals surface area contributed by atoms with Crippen LogP contribution in [0.25, 0.3) is 40.4 Å². The van der Waals surface area contributed by atoms with Crippen molar-refractivity contribution in [2.45, 2.75) is 156 Å². The third-order valence-electron chi connectivity index (χ3n) is 10.5. The van der Waals surface area contributed by atoms with Gasteiger partial charge in [-0.15, -0.1) is 45.3 Å². The fourth-order valence-corrected chi connectivity index (χ4v) is 12.2. The summed E-state index contributed by atoms with van der Waals surface area (Å²) < 4.78 is 65.6. The van der Waals surface area contributed by atoms with Crippen LogP contribution >= 0.6 is 45.3 Å². The third-order valence-corrected chi connectivity index (χ3v) is 15.1. The summed E-state index contributed by atoms with van der Waals surface area (Å²) in [5.41, 5.74) is 3.30. The Bertz CT molecular complexity index is 1730. The molecule has 0 radical (unpaired) electrons. The quantitative estimate of drug-likeness (QED) is 0.0331. The highest BCUT2D eigenvalue weighted by Crippen LogP contribution is 2.49. The van der Waals surface area contributed by atoms with Gasteiger partial charge in [-0.25, -0.2) is 17.6 Å². The number of hydrogen-bond acceptors (Lipinski definition) is 4. The highest BCUT2D eigenvalue weighted by molar-refractivity contribution is 7.24. The van der Waals surface area contributed by atoms with Gasteiger partial charge in [0, 0.05) is 29.3 Å². The van der Waals surface area contributed by atoms with E-state index < -0.39 is 34.4 Å². The molecule has 0 amide bonds. The molecule has 0 spiro atoms. The topological polar surface area (TPSA) is 0 Å². The maximum atomic E-state index is 16.4. The summed E-state index contributed by atoms with van der Waals surface area (Å²) in [6.07, 6.45) is 21.1. The van der Waals surface area contributed by atoms with Crippen LogP contribution in [-0.2, 0) is 25.7 Å². The van der Waals surface area contributed by atoms with Gasteiger partial charge in [-0.3, -0.25) is 0 Å². The number of benzene rings is 1. The Balaban J connectivity index is 1.54. The first-order valence-electron chi connectivity index (χ1n) is 20.6. The molecule has 4 aromatic heterocycles. The molecule has 0 aliphatic rings. The molecule has 0 nitrogen and oxygen atoms in total. The zero-order chi connectivity index (χ0) is 38.5. The van der Waals surface area contributed by atoms with Crippen LogP contribution in [-0.4, -0.2) is 0 Å². The van der Waals surface area contributed by atoms with Crippen molar-refractivity contribution in [1.82, 2.24) is 0 Å². The van der Waals surface area contributed by atoms with Crippen LogP contribution in [0.1, 0.15) is 153 Å². The van der Waals surface area contributed by atoms with Crippen molar-refractivity contribution in [2.24, 2.45) is 0 Å². The molecule has 0 saturated heterocycles. The van der Waals surface area contributed by atoms with Crippen molar-refractivity contribution in [3.8, 4) is 40.4 Å². The first-order chi connectivity index (χ1) is 26.3. The lowest BCUT2D eigenvalue weighted by atomic mass is 10.00. The molecule has 0 saturated carbocycles. The second-order valence-electron chi connectivity index (χ2n) is 14.7. The molecule has 4 heterocycles. The molecule has 5 rings (SSSR count). The van der Waals surface area contributed by atoms with E-state index in [1.54, 1.807) is 34.8 Å². The van der Waals surface area contributed by atoms with E-state index in [9.17, 15) is 0 Å². The van der Waals surface area contributed by atoms with Crippen LogP contribution in [0.3, 0.4) is 0 Å². The number of aryl methyl sites for hydroxylation is 4. The molecule has 0 atom stereocenters. The van der Waals surface area contributed by atoms with E-state index in [0.29, 0.717) is 0 Å². The van der Waals surface area contributed by atoms with E-state index in [4.69, 9.17) is 0 Å². The van der Waals surface area contributed by atoms with E-state index in [1.165, 1.54) is 59.5 Å². The number of rotatable bonds is 24. The average molecular weight is 815 g/mol. The minimum absolute atomic E-state index is 0.245. The number of thiophene rings is 4. The van der Waals surface area contributed by atoms with Crippen molar-refractivity contribution in [1.29, 1.82) is 0 Å². The Hall–Kier alpha value is -2.26. The van der Waals surface area contributed by atoms with Gasteiger partial charge in [0.05, 0.1) is 11.1 Å². The van der Waals surface area contributed by atoms with Crippen molar-refractivity contribution in [3.63, 3.8) is 0 Å². The summed E-state index contributed by atoms with van der Waals surface area (Å²) in [6.45, 7) is 8.74. The van der Waals surface area contributed by atoms with Gasteiger partial charge in [0.15, 0.2) is 23.3 Å². The van der Waals surface area contributed by atoms with Gasteiger partial charge in [-0.05, 0) is 109 Å². The van der Waals surface area contributed by atoms with Gasteiger partial charge in [0.2, 0.25) is 0 Å². The summed E-state index contributed by atoms with van der Waals surface area (Å²) >= 11 is 5.82. The molecular weight excluding hydrogens is 757 g/mol. The summed E-state index contributed by atoms with van der Waals surface area (Å²) in [6, 6.07) is 7.90. The van der Waals surface area contributed by atoms with Gasteiger partial charge >= 0.3 is 0 Å². The van der Waals surface area contributed by atoms with E-state index >= 15 is 17.6 Å². The van der Waals surface area contributed by atoms with Crippen molar-refractivity contribution in [3.05, 3.63) is 80.5 Å². The zero-order valence-corrected chi connectivity index (χ0v) is 36.0. The van der Waals surface area contributed by atoms with Gasteiger partial charge in [0.25, 0.3) is 0 Å². The molecule has 0 aliphatic carbocycles. The highest BCUT2D eigenvalue weighted by Gasteiger charge is 2.31. The lowest BCUT2D eigenvalue weighted by molar-refractivity contribution is 0.463. The number of hydrogen-bond donors (Lipinski definition) is 0. The largest absolute Gasteiger partial charge is 0.203 e. The maximum Gasteiger partial charge on any atom is 0.171 e. The number of halogens is 4. The van der Waals surface area contributed by atoms with Gasteiger partial charge in [-0.2, -0.15) is 0 Å². The second kappa shape index (κ2) is 21.9. The van der Waals surface area contributed by atoms with Crippen LogP contribution in [0.4, 0.5) is 17.6 Å². The summed E-state index contributed by atoms with van der Waals surface area (Å²) in [4.78, 5) is 4.67. The van der Waals surface area contributed by atoms with Gasteiger partial charge < -0.3 is 0 Å². The molecule has 54 heavy (non-hydrogen) atoms. The zero-order valence-electron chi connectivity index (χ0n) is 32.8. The Morgan fingerprint density at radius 3 is 1.02 bits per heavy atom. The smallest absolute Gasteiger partial charge is 0.171 e. The summed E-state index contributed by atoms with van der Waals surface area (Å²) in [5, 5.41) is 4.16. The van der Waals surface area contributed by atoms with E-state index in [0.717, 1.165) is 133 Å². The molecule has 0 unspecified atom stereocenters. The van der Waals surface area contributed by atoms with Crippen LogP contribution in [0.2, 0.25) is 0 Å². The third kappa shape index (κ3) is 10.6. The fraction of sp³-hybridized carbons (Fsp3) is 0.522. The minimum Gasteiger partial charge on any atom is -0.203 e. The van der Waals surface area contributed by atoms with Gasteiger partial charge in [0.1, 0.15) is 0 Å². The first-order valence-corrected chi connectivity index (χ1v) is 24.0. The summed E-state index contributed by atoms with van der Waals surface area (Å²) in [5.74, 6) is -5.25. The molecule has 0 N–H and O–H groups in total. The van der Waals surface area contributed by atoms with E-state index in [2.05, 4.69) is 50.6 Å². The maximum absolute atomic E-state index is 16.4. The molecule has 0 aliphatic heterocycles. The molecule has 5 aromatic rings. The standard InChI is InChI=1S/C46H58F4S4/c1-5-9-13-17-21-31-25-27-51-43(31)45-33(23-19-15-11-7-3)29-35(53-45)37-39(47)41(49)38(42(50)40(37)48)36-30-34(24-20-16-12-8-4)46(54-36)44-32(26-28-52-44)22-18-14-10-6-2/h25-30H,5-24H2,1-4H3. The normalized spacial score (nSPS) is 11.7. The molecule has 294 valence electrons. The summed E-state index contributed by atoms with van der Waals surface area (Å²) in [7, 11) is 0. The van der Waals surface area contributed by atoms with Gasteiger partial charge in [-0.1, -0.05) is 105 Å². The number of unbranched alkanes of at least 4 members (excludes halogenated alkanes) is 12.